The molecular weight excluding hydrogens is 378 g/mol. The maximum atomic E-state index is 11.0. The zero-order valence-electron chi connectivity index (χ0n) is 14.8. The molecule has 0 fully saturated rings. The second-order valence-corrected chi connectivity index (χ2v) is 7.29. The van der Waals surface area contributed by atoms with Gasteiger partial charge in [-0.3, -0.25) is 10.1 Å². The summed E-state index contributed by atoms with van der Waals surface area (Å²) in [6.07, 6.45) is 5.83. The molecular formula is C22H14ClNO4. The molecule has 0 bridgehead atoms. The molecule has 1 atom stereocenters. The van der Waals surface area contributed by atoms with E-state index >= 15 is 0 Å². The van der Waals surface area contributed by atoms with E-state index in [4.69, 9.17) is 21.1 Å². The van der Waals surface area contributed by atoms with Gasteiger partial charge in [-0.2, -0.15) is 0 Å². The summed E-state index contributed by atoms with van der Waals surface area (Å²) in [4.78, 5) is 10.6. The molecule has 0 saturated carbocycles. The van der Waals surface area contributed by atoms with Crippen molar-refractivity contribution in [2.45, 2.75) is 12.7 Å². The van der Waals surface area contributed by atoms with Crippen LogP contribution < -0.4 is 9.47 Å². The first-order chi connectivity index (χ1) is 13.4. The summed E-state index contributed by atoms with van der Waals surface area (Å²) in [7, 11) is 0. The van der Waals surface area contributed by atoms with Crippen LogP contribution in [0.25, 0.3) is 22.9 Å². The molecule has 1 unspecified atom stereocenters. The largest absolute Gasteiger partial charge is 0.444 e. The Morgan fingerprint density at radius 2 is 1.82 bits per heavy atom. The molecule has 2 aliphatic rings. The Hall–Kier alpha value is -3.31. The average Bonchev–Trinajstić information content (AvgIpc) is 2.68. The minimum Gasteiger partial charge on any atom is -0.444 e. The van der Waals surface area contributed by atoms with Gasteiger partial charge in [0.25, 0.3) is 11.5 Å². The van der Waals surface area contributed by atoms with E-state index in [9.17, 15) is 10.1 Å². The maximum Gasteiger partial charge on any atom is 0.294 e. The summed E-state index contributed by atoms with van der Waals surface area (Å²) < 4.78 is 12.5. The van der Waals surface area contributed by atoms with Crippen LogP contribution in [0.4, 0.5) is 5.69 Å². The Bertz CT molecular complexity index is 1230. The van der Waals surface area contributed by atoms with Crippen molar-refractivity contribution < 1.29 is 14.4 Å². The van der Waals surface area contributed by atoms with E-state index in [1.165, 1.54) is 6.07 Å². The first-order valence-corrected chi connectivity index (χ1v) is 9.10. The first-order valence-electron chi connectivity index (χ1n) is 8.72. The number of nitro benzene ring substituents is 1. The minimum absolute atomic E-state index is 0.0642. The van der Waals surface area contributed by atoms with Crippen molar-refractivity contribution in [3.8, 4) is 11.5 Å². The van der Waals surface area contributed by atoms with Crippen LogP contribution in [0, 0.1) is 10.1 Å². The van der Waals surface area contributed by atoms with Crippen molar-refractivity contribution in [1.29, 1.82) is 0 Å². The molecule has 28 heavy (non-hydrogen) atoms. The number of hydrogen-bond acceptors (Lipinski definition) is 4. The summed E-state index contributed by atoms with van der Waals surface area (Å²) in [5, 5.41) is 13.3. The fourth-order valence-corrected chi connectivity index (χ4v) is 3.84. The monoisotopic (exact) mass is 391 g/mol. The molecule has 0 N–H and O–H groups in total. The predicted molar refractivity (Wildman–Crippen MR) is 109 cm³/mol. The second kappa shape index (κ2) is 5.84. The number of nitrogens with zero attached hydrogens (tertiary/aromatic N) is 1. The molecule has 0 aromatic heterocycles. The van der Waals surface area contributed by atoms with E-state index < -0.39 is 10.7 Å². The third kappa shape index (κ3) is 2.47. The first kappa shape index (κ1) is 16.8. The average molecular weight is 392 g/mol. The Balaban J connectivity index is 1.60. The number of halogens is 1. The van der Waals surface area contributed by atoms with Gasteiger partial charge >= 0.3 is 0 Å². The van der Waals surface area contributed by atoms with Crippen LogP contribution in [0.1, 0.15) is 18.1 Å². The lowest BCUT2D eigenvalue weighted by atomic mass is 9.94. The molecule has 3 aromatic rings. The smallest absolute Gasteiger partial charge is 0.294 e. The summed E-state index contributed by atoms with van der Waals surface area (Å²) in [5.41, 5.74) is 2.74. The molecule has 5 rings (SSSR count). The zero-order valence-corrected chi connectivity index (χ0v) is 15.6. The van der Waals surface area contributed by atoms with Gasteiger partial charge in [0.15, 0.2) is 0 Å². The molecule has 2 aliphatic heterocycles. The predicted octanol–water partition coefficient (Wildman–Crippen LogP) is 6.00. The lowest BCUT2D eigenvalue weighted by Crippen LogP contribution is -2.44. The molecule has 3 aromatic carbocycles. The number of rotatable bonds is 1. The van der Waals surface area contributed by atoms with Crippen LogP contribution in [-0.2, 0) is 0 Å². The number of benzene rings is 3. The molecule has 2 heterocycles. The Morgan fingerprint density at radius 3 is 2.64 bits per heavy atom. The number of nitro groups is 1. The number of fused-ring (bicyclic) bond motifs is 4. The highest BCUT2D eigenvalue weighted by molar-refractivity contribution is 6.30. The highest BCUT2D eigenvalue weighted by Gasteiger charge is 2.40. The van der Waals surface area contributed by atoms with Crippen molar-refractivity contribution in [1.82, 2.24) is 0 Å². The lowest BCUT2D eigenvalue weighted by molar-refractivity contribution is -0.384. The normalized spacial score (nSPS) is 19.4. The molecule has 0 saturated heterocycles. The fraction of sp³-hybridized carbons (Fsp3) is 0.0909. The Kier molecular flexibility index (Phi) is 3.51. The lowest BCUT2D eigenvalue weighted by Gasteiger charge is -2.38. The summed E-state index contributed by atoms with van der Waals surface area (Å²) in [6, 6.07) is 13.9. The van der Waals surface area contributed by atoms with Crippen LogP contribution in [0.15, 0.2) is 60.2 Å². The van der Waals surface area contributed by atoms with Crippen LogP contribution in [0.2, 0.25) is 5.02 Å². The summed E-state index contributed by atoms with van der Waals surface area (Å²) in [6.45, 7) is 1.95. The van der Waals surface area contributed by atoms with Gasteiger partial charge in [0, 0.05) is 39.9 Å². The SMILES string of the molecule is CC1=Cc2cc(Cl)ccc2OC12C=Cc1c(ccc3cc([N+](=O)[O-])ccc13)O2. The molecule has 138 valence electrons. The Labute approximate surface area is 165 Å². The van der Waals surface area contributed by atoms with Crippen LogP contribution in [-0.4, -0.2) is 10.7 Å². The third-order valence-electron chi connectivity index (χ3n) is 5.10. The third-order valence-corrected chi connectivity index (χ3v) is 5.34. The van der Waals surface area contributed by atoms with Crippen LogP contribution in [0.5, 0.6) is 11.5 Å². The second-order valence-electron chi connectivity index (χ2n) is 6.85. The molecule has 0 amide bonds. The van der Waals surface area contributed by atoms with E-state index in [-0.39, 0.29) is 5.69 Å². The van der Waals surface area contributed by atoms with Crippen molar-refractivity contribution in [2.75, 3.05) is 0 Å². The molecule has 1 spiro atoms. The minimum atomic E-state index is -1.03. The van der Waals surface area contributed by atoms with Crippen molar-refractivity contribution in [3.63, 3.8) is 0 Å². The van der Waals surface area contributed by atoms with Gasteiger partial charge in [0.1, 0.15) is 11.5 Å². The van der Waals surface area contributed by atoms with Gasteiger partial charge in [-0.05, 0) is 60.2 Å². The summed E-state index contributed by atoms with van der Waals surface area (Å²) in [5.74, 6) is 0.330. The van der Waals surface area contributed by atoms with E-state index in [2.05, 4.69) is 0 Å². The quantitative estimate of drug-likeness (QED) is 0.377. The number of non-ortho nitro benzene ring substituents is 1. The highest BCUT2D eigenvalue weighted by atomic mass is 35.5. The van der Waals surface area contributed by atoms with Crippen molar-refractivity contribution >= 4 is 40.2 Å². The van der Waals surface area contributed by atoms with Gasteiger partial charge in [0.2, 0.25) is 0 Å². The van der Waals surface area contributed by atoms with E-state index in [1.54, 1.807) is 18.2 Å². The standard InChI is InChI=1S/C22H14ClNO4/c1-13-10-15-11-16(23)3-7-20(15)27-22(13)9-8-19-18-5-4-17(24(25)26)12-14(18)2-6-21(19)28-22/h2-12H,1H3. The highest BCUT2D eigenvalue weighted by Crippen LogP contribution is 2.44. The number of ether oxygens (including phenoxy) is 2. The molecule has 0 aliphatic carbocycles. The zero-order chi connectivity index (χ0) is 19.5. The number of hydrogen-bond donors (Lipinski definition) is 0. The molecule has 5 nitrogen and oxygen atoms in total. The summed E-state index contributed by atoms with van der Waals surface area (Å²) >= 11 is 6.08. The van der Waals surface area contributed by atoms with E-state index in [0.717, 1.165) is 27.5 Å². The van der Waals surface area contributed by atoms with Gasteiger partial charge in [-0.15, -0.1) is 0 Å². The van der Waals surface area contributed by atoms with Gasteiger partial charge in [-0.25, -0.2) is 0 Å². The van der Waals surface area contributed by atoms with Crippen molar-refractivity contribution in [2.24, 2.45) is 0 Å². The Morgan fingerprint density at radius 1 is 1.04 bits per heavy atom. The van der Waals surface area contributed by atoms with Gasteiger partial charge in [-0.1, -0.05) is 17.7 Å². The van der Waals surface area contributed by atoms with Crippen molar-refractivity contribution in [3.05, 3.63) is 86.4 Å². The topological polar surface area (TPSA) is 61.6 Å². The fourth-order valence-electron chi connectivity index (χ4n) is 3.66. The molecule has 0 radical (unpaired) electrons. The van der Waals surface area contributed by atoms with Gasteiger partial charge < -0.3 is 9.47 Å². The van der Waals surface area contributed by atoms with Crippen LogP contribution >= 0.6 is 11.6 Å². The maximum absolute atomic E-state index is 11.0. The van der Waals surface area contributed by atoms with Crippen LogP contribution in [0.3, 0.4) is 0 Å². The van der Waals surface area contributed by atoms with E-state index in [1.807, 2.05) is 49.4 Å². The molecule has 6 heteroatoms. The van der Waals surface area contributed by atoms with Gasteiger partial charge in [0.05, 0.1) is 4.92 Å². The van der Waals surface area contributed by atoms with E-state index in [0.29, 0.717) is 16.5 Å².